The molecular formula is C23H23FN2O2. The summed E-state index contributed by atoms with van der Waals surface area (Å²) in [5.41, 5.74) is 2.71. The van der Waals surface area contributed by atoms with Gasteiger partial charge in [0.2, 0.25) is 0 Å². The van der Waals surface area contributed by atoms with Gasteiger partial charge >= 0.3 is 0 Å². The Kier molecular flexibility index (Phi) is 6.37. The van der Waals surface area contributed by atoms with Gasteiger partial charge in [0.05, 0.1) is 12.1 Å². The van der Waals surface area contributed by atoms with E-state index in [1.807, 2.05) is 24.3 Å². The molecule has 144 valence electrons. The molecule has 0 radical (unpaired) electrons. The van der Waals surface area contributed by atoms with Crippen LogP contribution < -0.4 is 10.9 Å². The SMILES string of the molecule is CCCCc1ccc(NC(=O)c2ccc(=O)n(Cc3cccc(F)c3)c2)cc1. The van der Waals surface area contributed by atoms with E-state index in [0.717, 1.165) is 19.3 Å². The van der Waals surface area contributed by atoms with E-state index >= 15 is 0 Å². The zero-order valence-corrected chi connectivity index (χ0v) is 15.8. The zero-order valence-electron chi connectivity index (χ0n) is 15.8. The van der Waals surface area contributed by atoms with Crippen LogP contribution in [-0.4, -0.2) is 10.5 Å². The van der Waals surface area contributed by atoms with Gasteiger partial charge in [0.15, 0.2) is 0 Å². The van der Waals surface area contributed by atoms with Crippen LogP contribution >= 0.6 is 0 Å². The normalized spacial score (nSPS) is 10.6. The van der Waals surface area contributed by atoms with E-state index in [-0.39, 0.29) is 23.8 Å². The van der Waals surface area contributed by atoms with Gasteiger partial charge in [-0.15, -0.1) is 0 Å². The summed E-state index contributed by atoms with van der Waals surface area (Å²) < 4.78 is 14.8. The van der Waals surface area contributed by atoms with Gasteiger partial charge in [-0.05, 0) is 54.3 Å². The van der Waals surface area contributed by atoms with E-state index in [1.165, 1.54) is 40.6 Å². The lowest BCUT2D eigenvalue weighted by Gasteiger charge is -2.10. The molecular weight excluding hydrogens is 355 g/mol. The van der Waals surface area contributed by atoms with Crippen molar-refractivity contribution in [1.82, 2.24) is 4.57 Å². The fraction of sp³-hybridized carbons (Fsp3) is 0.217. The molecule has 2 aromatic carbocycles. The number of carbonyl (C=O) groups is 1. The lowest BCUT2D eigenvalue weighted by Crippen LogP contribution is -2.22. The maximum absolute atomic E-state index is 13.4. The van der Waals surface area contributed by atoms with Gasteiger partial charge in [0.25, 0.3) is 11.5 Å². The molecule has 0 spiro atoms. The molecule has 0 unspecified atom stereocenters. The van der Waals surface area contributed by atoms with Crippen molar-refractivity contribution in [2.24, 2.45) is 0 Å². The number of hydrogen-bond donors (Lipinski definition) is 1. The molecule has 1 aromatic heterocycles. The van der Waals surface area contributed by atoms with E-state index < -0.39 is 0 Å². The summed E-state index contributed by atoms with van der Waals surface area (Å²) in [5, 5.41) is 2.85. The van der Waals surface area contributed by atoms with Crippen LogP contribution in [-0.2, 0) is 13.0 Å². The summed E-state index contributed by atoms with van der Waals surface area (Å²) in [5.74, 6) is -0.656. The number of aryl methyl sites for hydroxylation is 1. The van der Waals surface area contributed by atoms with Crippen LogP contribution in [0.1, 0.15) is 41.3 Å². The molecule has 4 nitrogen and oxygen atoms in total. The number of pyridine rings is 1. The van der Waals surface area contributed by atoms with Gasteiger partial charge < -0.3 is 9.88 Å². The summed E-state index contributed by atoms with van der Waals surface area (Å²) in [6.45, 7) is 2.35. The van der Waals surface area contributed by atoms with Crippen molar-refractivity contribution in [3.63, 3.8) is 0 Å². The second kappa shape index (κ2) is 9.13. The van der Waals surface area contributed by atoms with E-state index in [9.17, 15) is 14.0 Å². The highest BCUT2D eigenvalue weighted by atomic mass is 19.1. The number of nitrogens with one attached hydrogen (secondary N) is 1. The Morgan fingerprint density at radius 2 is 1.82 bits per heavy atom. The number of hydrogen-bond acceptors (Lipinski definition) is 2. The Morgan fingerprint density at radius 3 is 2.54 bits per heavy atom. The van der Waals surface area contributed by atoms with Crippen LogP contribution in [0.2, 0.25) is 0 Å². The molecule has 0 saturated heterocycles. The number of nitrogens with zero attached hydrogens (tertiary/aromatic N) is 1. The summed E-state index contributed by atoms with van der Waals surface area (Å²) in [4.78, 5) is 24.7. The van der Waals surface area contributed by atoms with Crippen LogP contribution in [0.5, 0.6) is 0 Å². The zero-order chi connectivity index (χ0) is 19.9. The van der Waals surface area contributed by atoms with Gasteiger partial charge in [-0.3, -0.25) is 9.59 Å². The maximum Gasteiger partial charge on any atom is 0.257 e. The van der Waals surface area contributed by atoms with E-state index in [4.69, 9.17) is 0 Å². The average Bonchev–Trinajstić information content (AvgIpc) is 2.69. The number of amides is 1. The number of carbonyl (C=O) groups excluding carboxylic acids is 1. The Labute approximate surface area is 163 Å². The molecule has 1 heterocycles. The molecule has 0 aliphatic heterocycles. The van der Waals surface area contributed by atoms with Crippen LogP contribution in [0.25, 0.3) is 0 Å². The highest BCUT2D eigenvalue weighted by Gasteiger charge is 2.09. The molecule has 0 aliphatic rings. The van der Waals surface area contributed by atoms with Crippen LogP contribution in [0.15, 0.2) is 71.7 Å². The molecule has 0 fully saturated rings. The fourth-order valence-electron chi connectivity index (χ4n) is 2.96. The van der Waals surface area contributed by atoms with Crippen molar-refractivity contribution < 1.29 is 9.18 Å². The molecule has 0 atom stereocenters. The van der Waals surface area contributed by atoms with Crippen LogP contribution in [0.3, 0.4) is 0 Å². The van der Waals surface area contributed by atoms with Crippen LogP contribution in [0.4, 0.5) is 10.1 Å². The summed E-state index contributed by atoms with van der Waals surface area (Å²) in [6.07, 6.45) is 4.80. The van der Waals surface area contributed by atoms with E-state index in [1.54, 1.807) is 12.1 Å². The predicted octanol–water partition coefficient (Wildman–Crippen LogP) is 4.63. The molecule has 0 saturated carbocycles. The second-order valence-electron chi connectivity index (χ2n) is 6.77. The molecule has 0 bridgehead atoms. The fourth-order valence-corrected chi connectivity index (χ4v) is 2.96. The van der Waals surface area contributed by atoms with Gasteiger partial charge in [-0.2, -0.15) is 0 Å². The first kappa shape index (κ1) is 19.5. The van der Waals surface area contributed by atoms with E-state index in [2.05, 4.69) is 12.2 Å². The van der Waals surface area contributed by atoms with Gasteiger partial charge in [-0.25, -0.2) is 4.39 Å². The molecule has 1 amide bonds. The quantitative estimate of drug-likeness (QED) is 0.652. The minimum Gasteiger partial charge on any atom is -0.322 e. The lowest BCUT2D eigenvalue weighted by atomic mass is 10.1. The number of rotatable bonds is 7. The van der Waals surface area contributed by atoms with Crippen molar-refractivity contribution in [2.75, 3.05) is 5.32 Å². The molecule has 3 aromatic rings. The lowest BCUT2D eigenvalue weighted by molar-refractivity contribution is 0.102. The molecule has 3 rings (SSSR count). The number of halogens is 1. The van der Waals surface area contributed by atoms with Crippen molar-refractivity contribution in [3.8, 4) is 0 Å². The second-order valence-corrected chi connectivity index (χ2v) is 6.77. The molecule has 0 aliphatic carbocycles. The third kappa shape index (κ3) is 5.16. The van der Waals surface area contributed by atoms with Gasteiger partial charge in [-0.1, -0.05) is 37.6 Å². The number of anilines is 1. The number of benzene rings is 2. The summed E-state index contributed by atoms with van der Waals surface area (Å²) >= 11 is 0. The highest BCUT2D eigenvalue weighted by Crippen LogP contribution is 2.13. The summed E-state index contributed by atoms with van der Waals surface area (Å²) in [7, 11) is 0. The van der Waals surface area contributed by atoms with Gasteiger partial charge in [0, 0.05) is 18.0 Å². The monoisotopic (exact) mass is 378 g/mol. The number of aromatic nitrogens is 1. The Balaban J connectivity index is 1.72. The third-order valence-corrected chi connectivity index (χ3v) is 4.52. The summed E-state index contributed by atoms with van der Waals surface area (Å²) in [6, 6.07) is 16.7. The van der Waals surface area contributed by atoms with Crippen LogP contribution in [0, 0.1) is 5.82 Å². The molecule has 28 heavy (non-hydrogen) atoms. The average molecular weight is 378 g/mol. The first-order chi connectivity index (χ1) is 13.5. The minimum atomic E-state index is -0.359. The minimum absolute atomic E-state index is 0.198. The third-order valence-electron chi connectivity index (χ3n) is 4.52. The first-order valence-corrected chi connectivity index (χ1v) is 9.40. The topological polar surface area (TPSA) is 51.1 Å². The molecule has 1 N–H and O–H groups in total. The van der Waals surface area contributed by atoms with Crippen molar-refractivity contribution in [3.05, 3.63) is 99.7 Å². The van der Waals surface area contributed by atoms with Gasteiger partial charge in [0.1, 0.15) is 5.82 Å². The molecule has 5 heteroatoms. The Hall–Kier alpha value is -3.21. The predicted molar refractivity (Wildman–Crippen MR) is 109 cm³/mol. The van der Waals surface area contributed by atoms with Crippen molar-refractivity contribution in [2.45, 2.75) is 32.7 Å². The smallest absolute Gasteiger partial charge is 0.257 e. The standard InChI is InChI=1S/C23H23FN2O2/c1-2-3-5-17-8-11-21(12-9-17)25-23(28)19-10-13-22(27)26(16-19)15-18-6-4-7-20(24)14-18/h4,6-14,16H,2-3,5,15H2,1H3,(H,25,28). The number of unbranched alkanes of at least 4 members (excludes halogenated alkanes) is 1. The first-order valence-electron chi connectivity index (χ1n) is 9.40. The van der Waals surface area contributed by atoms with Crippen molar-refractivity contribution in [1.29, 1.82) is 0 Å². The largest absolute Gasteiger partial charge is 0.322 e. The van der Waals surface area contributed by atoms with Crippen molar-refractivity contribution >= 4 is 11.6 Å². The Morgan fingerprint density at radius 1 is 1.04 bits per heavy atom. The highest BCUT2D eigenvalue weighted by molar-refractivity contribution is 6.04. The Bertz CT molecular complexity index is 1010. The maximum atomic E-state index is 13.4. The van der Waals surface area contributed by atoms with E-state index in [0.29, 0.717) is 16.8 Å².